The molecule has 2 aliphatic carbocycles. The van der Waals surface area contributed by atoms with E-state index in [2.05, 4.69) is 40.5 Å². The third-order valence-electron chi connectivity index (χ3n) is 9.06. The normalized spacial score (nSPS) is 22.3. The highest BCUT2D eigenvalue weighted by Gasteiger charge is 2.57. The zero-order valence-corrected chi connectivity index (χ0v) is 27.6. The molecule has 46 heavy (non-hydrogen) atoms. The molecule has 11 heteroatoms. The molecule has 2 unspecified atom stereocenters. The minimum absolute atomic E-state index is 0. The minimum atomic E-state index is -2.52. The quantitative estimate of drug-likeness (QED) is 0.229. The molecule has 3 atom stereocenters. The van der Waals surface area contributed by atoms with Crippen LogP contribution in [0, 0.1) is 11.8 Å². The van der Waals surface area contributed by atoms with Gasteiger partial charge in [0.15, 0.2) is 0 Å². The largest absolute Gasteiger partial charge is 0.493 e. The molecule has 2 aliphatic heterocycles. The van der Waals surface area contributed by atoms with Gasteiger partial charge in [0.25, 0.3) is 11.8 Å². The lowest BCUT2D eigenvalue weighted by atomic mass is 9.98. The number of fused-ring (bicyclic) bond motifs is 2. The van der Waals surface area contributed by atoms with Crippen molar-refractivity contribution >= 4 is 24.8 Å². The zero-order chi connectivity index (χ0) is 30.9. The molecule has 0 aromatic heterocycles. The number of halogens is 6. The molecule has 2 heterocycles. The maximum absolute atomic E-state index is 13.0. The molecule has 0 bridgehead atoms. The van der Waals surface area contributed by atoms with Crippen molar-refractivity contribution in [1.82, 2.24) is 10.2 Å². The van der Waals surface area contributed by atoms with E-state index in [1.54, 1.807) is 0 Å². The number of nitrogens with zero attached hydrogens (tertiary/aromatic N) is 1. The molecule has 0 spiro atoms. The summed E-state index contributed by atoms with van der Waals surface area (Å²) in [6, 6.07) is 20.4. The Kier molecular flexibility index (Phi) is 11.9. The summed E-state index contributed by atoms with van der Waals surface area (Å²) in [5.74, 6) is -4.78. The zero-order valence-electron chi connectivity index (χ0n) is 26.0. The number of ether oxygens (including phenoxy) is 2. The van der Waals surface area contributed by atoms with Crippen LogP contribution in [0.2, 0.25) is 0 Å². The molecule has 0 radical (unpaired) electrons. The Bertz CT molecular complexity index is 1460. The first-order valence-electron chi connectivity index (χ1n) is 15.6. The molecule has 3 aromatic carbocycles. The van der Waals surface area contributed by atoms with Crippen LogP contribution in [0.1, 0.15) is 59.2 Å². The summed E-state index contributed by atoms with van der Waals surface area (Å²) in [6.07, 6.45) is 1.86. The molecule has 4 aliphatic rings. The second-order valence-electron chi connectivity index (χ2n) is 12.7. The van der Waals surface area contributed by atoms with Gasteiger partial charge in [-0.2, -0.15) is 0 Å². The van der Waals surface area contributed by atoms with Crippen LogP contribution in [-0.2, 0) is 32.5 Å². The monoisotopic (exact) mass is 683 g/mol. The van der Waals surface area contributed by atoms with Crippen molar-refractivity contribution in [2.24, 2.45) is 17.6 Å². The van der Waals surface area contributed by atoms with E-state index in [0.717, 1.165) is 51.1 Å². The van der Waals surface area contributed by atoms with Gasteiger partial charge in [0.05, 0.1) is 25.0 Å². The second kappa shape index (κ2) is 15.1. The first-order valence-corrected chi connectivity index (χ1v) is 15.6. The van der Waals surface area contributed by atoms with E-state index in [1.165, 1.54) is 27.8 Å². The van der Waals surface area contributed by atoms with Gasteiger partial charge in [-0.05, 0) is 84.0 Å². The van der Waals surface area contributed by atoms with Gasteiger partial charge in [-0.1, -0.05) is 36.4 Å². The van der Waals surface area contributed by atoms with Gasteiger partial charge in [-0.3, -0.25) is 4.90 Å². The van der Waals surface area contributed by atoms with Gasteiger partial charge in [-0.25, -0.2) is 17.6 Å². The highest BCUT2D eigenvalue weighted by atomic mass is 35.5. The lowest BCUT2D eigenvalue weighted by Gasteiger charge is -2.29. The van der Waals surface area contributed by atoms with E-state index in [4.69, 9.17) is 15.2 Å². The van der Waals surface area contributed by atoms with Crippen LogP contribution in [0.5, 0.6) is 11.5 Å². The van der Waals surface area contributed by atoms with Gasteiger partial charge < -0.3 is 20.5 Å². The number of rotatable bonds is 9. The van der Waals surface area contributed by atoms with E-state index in [1.807, 2.05) is 37.3 Å². The molecule has 252 valence electrons. The lowest BCUT2D eigenvalue weighted by molar-refractivity contribution is 0.0848. The molecule has 2 fully saturated rings. The van der Waals surface area contributed by atoms with Crippen LogP contribution in [0.15, 0.2) is 60.7 Å². The van der Waals surface area contributed by atoms with Crippen LogP contribution in [0.25, 0.3) is 0 Å². The lowest BCUT2D eigenvalue weighted by Crippen LogP contribution is -2.30. The number of alkyl halides is 4. The van der Waals surface area contributed by atoms with E-state index in [0.29, 0.717) is 11.5 Å². The molecular formula is C35H43Cl2F4N3O2. The van der Waals surface area contributed by atoms with Crippen molar-refractivity contribution in [2.75, 3.05) is 26.3 Å². The number of hydrogen-bond donors (Lipinski definition) is 2. The van der Waals surface area contributed by atoms with Gasteiger partial charge >= 0.3 is 0 Å². The molecule has 3 aromatic rings. The third-order valence-corrected chi connectivity index (χ3v) is 9.06. The maximum Gasteiger partial charge on any atom is 0.255 e. The summed E-state index contributed by atoms with van der Waals surface area (Å²) in [7, 11) is 0. The third kappa shape index (κ3) is 9.28. The van der Waals surface area contributed by atoms with E-state index in [-0.39, 0.29) is 56.9 Å². The Balaban J connectivity index is 0.000000219. The maximum atomic E-state index is 13.0. The predicted molar refractivity (Wildman–Crippen MR) is 177 cm³/mol. The smallest absolute Gasteiger partial charge is 0.255 e. The van der Waals surface area contributed by atoms with Crippen LogP contribution >= 0.6 is 24.8 Å². The topological polar surface area (TPSA) is 59.8 Å². The van der Waals surface area contributed by atoms with Crippen molar-refractivity contribution in [3.63, 3.8) is 0 Å². The number of benzene rings is 3. The van der Waals surface area contributed by atoms with Gasteiger partial charge in [0.2, 0.25) is 0 Å². The number of hydrogen-bond acceptors (Lipinski definition) is 5. The first kappa shape index (κ1) is 36.3. The summed E-state index contributed by atoms with van der Waals surface area (Å²) in [5.41, 5.74) is 13.4. The fourth-order valence-corrected chi connectivity index (χ4v) is 5.84. The number of nitrogens with one attached hydrogen (secondary N) is 1. The summed E-state index contributed by atoms with van der Waals surface area (Å²) in [4.78, 5) is 2.43. The fraction of sp³-hybridized carbons (Fsp3) is 0.486. The average Bonchev–Trinajstić information content (AvgIpc) is 3.85. The Morgan fingerprint density at radius 3 is 1.89 bits per heavy atom. The highest BCUT2D eigenvalue weighted by molar-refractivity contribution is 5.85. The Morgan fingerprint density at radius 2 is 1.35 bits per heavy atom. The molecule has 2 saturated carbocycles. The SMILES string of the molecule is C[C@H](N)c1ccc(CN2CCc3cc(OCC4CC4(F)F)ccc3C2)cc1.Cl.Cl.FC1(F)CC1COc1ccc2c(c1)CCNC2. The van der Waals surface area contributed by atoms with Crippen molar-refractivity contribution in [3.8, 4) is 11.5 Å². The Hall–Kier alpha value is -2.56. The summed E-state index contributed by atoms with van der Waals surface area (Å²) >= 11 is 0. The first-order chi connectivity index (χ1) is 21.1. The molecule has 3 N–H and O–H groups in total. The van der Waals surface area contributed by atoms with Gasteiger partial charge in [0.1, 0.15) is 11.5 Å². The summed E-state index contributed by atoms with van der Waals surface area (Å²) < 4.78 is 62.3. The number of nitrogens with two attached hydrogens (primary N) is 1. The minimum Gasteiger partial charge on any atom is -0.493 e. The van der Waals surface area contributed by atoms with E-state index in [9.17, 15) is 17.6 Å². The van der Waals surface area contributed by atoms with Crippen LogP contribution in [-0.4, -0.2) is 43.0 Å². The average molecular weight is 685 g/mol. The molecule has 0 saturated heterocycles. The van der Waals surface area contributed by atoms with E-state index >= 15 is 0 Å². The van der Waals surface area contributed by atoms with Crippen LogP contribution in [0.3, 0.4) is 0 Å². The van der Waals surface area contributed by atoms with Gasteiger partial charge in [0, 0.05) is 45.1 Å². The Morgan fingerprint density at radius 1 is 0.804 bits per heavy atom. The molecule has 5 nitrogen and oxygen atoms in total. The van der Waals surface area contributed by atoms with Crippen LogP contribution in [0.4, 0.5) is 17.6 Å². The van der Waals surface area contributed by atoms with Gasteiger partial charge in [-0.15, -0.1) is 24.8 Å². The summed E-state index contributed by atoms with van der Waals surface area (Å²) in [5, 5.41) is 3.29. The van der Waals surface area contributed by atoms with Crippen molar-refractivity contribution in [3.05, 3.63) is 94.0 Å². The van der Waals surface area contributed by atoms with Crippen molar-refractivity contribution in [2.45, 2.75) is 70.1 Å². The van der Waals surface area contributed by atoms with Crippen molar-refractivity contribution in [1.29, 1.82) is 0 Å². The molecular weight excluding hydrogens is 641 g/mol. The summed E-state index contributed by atoms with van der Waals surface area (Å²) in [6.45, 7) is 6.86. The predicted octanol–water partition coefficient (Wildman–Crippen LogP) is 7.51. The van der Waals surface area contributed by atoms with E-state index < -0.39 is 23.7 Å². The second-order valence-corrected chi connectivity index (χ2v) is 12.7. The molecule has 7 rings (SSSR count). The van der Waals surface area contributed by atoms with Crippen LogP contribution < -0.4 is 20.5 Å². The highest BCUT2D eigenvalue weighted by Crippen LogP contribution is 2.49. The Labute approximate surface area is 281 Å². The standard InChI is InChI=1S/C22H26F2N2O.C13H15F2NO.2ClH/c1-15(25)17-4-2-16(3-5-17)12-26-9-8-18-10-21(7-6-19(18)13-26)27-14-20-11-22(20,23)24;14-13(15)6-11(13)8-17-12-2-1-10-7-16-4-3-9(10)5-12;;/h2-7,10,15,20H,8-9,11-14,25H2,1H3;1-2,5,11,16H,3-4,6-8H2;2*1H/t15-,20?;;;/m0.../s1. The fourth-order valence-electron chi connectivity index (χ4n) is 5.84. The molecule has 0 amide bonds. The van der Waals surface area contributed by atoms with Crippen molar-refractivity contribution < 1.29 is 27.0 Å².